The highest BCUT2D eigenvalue weighted by atomic mass is 16.6. The molecular weight excluding hydrogens is 237 g/mol. The van der Waals surface area contributed by atoms with Gasteiger partial charge in [0.05, 0.1) is 10.6 Å². The van der Waals surface area contributed by atoms with E-state index in [0.29, 0.717) is 5.69 Å². The van der Waals surface area contributed by atoms with Crippen LogP contribution < -0.4 is 5.46 Å². The predicted octanol–water partition coefficient (Wildman–Crippen LogP) is -0.231. The summed E-state index contributed by atoms with van der Waals surface area (Å²) in [7, 11) is -1.61. The van der Waals surface area contributed by atoms with Gasteiger partial charge in [-0.05, 0) is 12.5 Å². The van der Waals surface area contributed by atoms with Crippen LogP contribution in [0.1, 0.15) is 5.56 Å². The van der Waals surface area contributed by atoms with Crippen molar-refractivity contribution in [1.29, 1.82) is 0 Å². The fourth-order valence-corrected chi connectivity index (χ4v) is 1.56. The Bertz CT molecular complexity index is 597. The van der Waals surface area contributed by atoms with E-state index in [4.69, 9.17) is 10.0 Å². The number of aromatic nitrogens is 2. The molecule has 8 heteroatoms. The molecule has 0 spiro atoms. The van der Waals surface area contributed by atoms with Crippen molar-refractivity contribution in [2.45, 2.75) is 6.92 Å². The lowest BCUT2D eigenvalue weighted by atomic mass is 9.83. The molecule has 0 unspecified atom stereocenters. The summed E-state index contributed by atoms with van der Waals surface area (Å²) in [5.74, 6) is 0. The molecule has 0 bridgehead atoms. The van der Waals surface area contributed by atoms with Crippen molar-refractivity contribution in [2.75, 3.05) is 0 Å². The number of nitro benzene ring substituents is 1. The van der Waals surface area contributed by atoms with Crippen LogP contribution in [0.2, 0.25) is 0 Å². The van der Waals surface area contributed by atoms with Gasteiger partial charge in [-0.15, -0.1) is 0 Å². The van der Waals surface area contributed by atoms with Gasteiger partial charge in [-0.1, -0.05) is 6.07 Å². The standard InChI is InChI=1S/C10H10BN3O4/c1-7-2-3-9(14(17)18)4-10(7)13-6-8(5-12-13)11(15)16/h2-6,15-16H,1H3. The molecule has 1 aromatic heterocycles. The fourth-order valence-electron chi connectivity index (χ4n) is 1.56. The maximum Gasteiger partial charge on any atom is 0.491 e. The fraction of sp³-hybridized carbons (Fsp3) is 0.100. The molecule has 0 aliphatic carbocycles. The molecule has 0 amide bonds. The summed E-state index contributed by atoms with van der Waals surface area (Å²) in [6.45, 7) is 1.79. The molecule has 1 heterocycles. The van der Waals surface area contributed by atoms with Crippen molar-refractivity contribution in [2.24, 2.45) is 0 Å². The molecule has 0 aliphatic heterocycles. The first-order valence-corrected chi connectivity index (χ1v) is 5.15. The lowest BCUT2D eigenvalue weighted by Gasteiger charge is -2.05. The first-order valence-electron chi connectivity index (χ1n) is 5.15. The summed E-state index contributed by atoms with van der Waals surface area (Å²) in [5, 5.41) is 32.6. The van der Waals surface area contributed by atoms with Crippen LogP contribution in [0.15, 0.2) is 30.6 Å². The highest BCUT2D eigenvalue weighted by molar-refractivity contribution is 6.58. The number of non-ortho nitro benzene ring substituents is 1. The highest BCUT2D eigenvalue weighted by Crippen LogP contribution is 2.19. The largest absolute Gasteiger partial charge is 0.491 e. The minimum absolute atomic E-state index is 0.0443. The van der Waals surface area contributed by atoms with Crippen LogP contribution in [0.4, 0.5) is 5.69 Å². The quantitative estimate of drug-likeness (QED) is 0.443. The van der Waals surface area contributed by atoms with Gasteiger partial charge >= 0.3 is 7.12 Å². The Hall–Kier alpha value is -2.19. The van der Waals surface area contributed by atoms with Gasteiger partial charge in [0.25, 0.3) is 5.69 Å². The molecule has 0 saturated carbocycles. The second-order valence-electron chi connectivity index (χ2n) is 3.82. The van der Waals surface area contributed by atoms with Gasteiger partial charge in [-0.2, -0.15) is 5.10 Å². The van der Waals surface area contributed by atoms with Crippen LogP contribution in [0.5, 0.6) is 0 Å². The van der Waals surface area contributed by atoms with Gasteiger partial charge < -0.3 is 10.0 Å². The number of nitrogens with zero attached hydrogens (tertiary/aromatic N) is 3. The summed E-state index contributed by atoms with van der Waals surface area (Å²) >= 11 is 0. The van der Waals surface area contributed by atoms with Gasteiger partial charge in [0, 0.05) is 30.0 Å². The Balaban J connectivity index is 2.48. The van der Waals surface area contributed by atoms with E-state index in [2.05, 4.69) is 5.10 Å². The van der Waals surface area contributed by atoms with Crippen molar-refractivity contribution < 1.29 is 15.0 Å². The van der Waals surface area contributed by atoms with Crippen LogP contribution in [0.25, 0.3) is 5.69 Å². The highest BCUT2D eigenvalue weighted by Gasteiger charge is 2.16. The second-order valence-corrected chi connectivity index (χ2v) is 3.82. The Morgan fingerprint density at radius 2 is 2.17 bits per heavy atom. The Morgan fingerprint density at radius 1 is 1.44 bits per heavy atom. The zero-order chi connectivity index (χ0) is 13.3. The topological polar surface area (TPSA) is 101 Å². The van der Waals surface area contributed by atoms with Crippen LogP contribution in [0, 0.1) is 17.0 Å². The van der Waals surface area contributed by atoms with Crippen LogP contribution in [-0.2, 0) is 0 Å². The van der Waals surface area contributed by atoms with Crippen molar-refractivity contribution in [1.82, 2.24) is 9.78 Å². The molecule has 92 valence electrons. The molecule has 1 aromatic carbocycles. The monoisotopic (exact) mass is 247 g/mol. The first kappa shape index (κ1) is 12.3. The predicted molar refractivity (Wildman–Crippen MR) is 64.8 cm³/mol. The molecule has 18 heavy (non-hydrogen) atoms. The van der Waals surface area contributed by atoms with E-state index in [9.17, 15) is 10.1 Å². The third kappa shape index (κ3) is 2.24. The molecule has 2 N–H and O–H groups in total. The maximum atomic E-state index is 10.7. The third-order valence-corrected chi connectivity index (χ3v) is 2.55. The lowest BCUT2D eigenvalue weighted by molar-refractivity contribution is -0.384. The molecule has 0 atom stereocenters. The van der Waals surface area contributed by atoms with E-state index in [0.717, 1.165) is 5.56 Å². The normalized spacial score (nSPS) is 10.4. The zero-order valence-corrected chi connectivity index (χ0v) is 9.52. The first-order chi connectivity index (χ1) is 8.49. The van der Waals surface area contributed by atoms with Crippen LogP contribution in [-0.4, -0.2) is 31.9 Å². The third-order valence-electron chi connectivity index (χ3n) is 2.55. The summed E-state index contributed by atoms with van der Waals surface area (Å²) in [4.78, 5) is 10.2. The molecule has 2 rings (SSSR count). The SMILES string of the molecule is Cc1ccc([N+](=O)[O-])cc1-n1cc(B(O)O)cn1. The number of rotatable bonds is 3. The Morgan fingerprint density at radius 3 is 2.72 bits per heavy atom. The number of hydrogen-bond donors (Lipinski definition) is 2. The number of nitro groups is 1. The van der Waals surface area contributed by atoms with Crippen molar-refractivity contribution in [3.05, 3.63) is 46.3 Å². The summed E-state index contributed by atoms with van der Waals surface area (Å²) in [6, 6.07) is 4.41. The van der Waals surface area contributed by atoms with Gasteiger partial charge in [-0.25, -0.2) is 4.68 Å². The lowest BCUT2D eigenvalue weighted by Crippen LogP contribution is -2.28. The molecular formula is C10H10BN3O4. The van der Waals surface area contributed by atoms with Gasteiger partial charge in [-0.3, -0.25) is 10.1 Å². The Labute approximate surface area is 103 Å². The van der Waals surface area contributed by atoms with Crippen molar-refractivity contribution >= 4 is 18.3 Å². The minimum Gasteiger partial charge on any atom is -0.423 e. The second kappa shape index (κ2) is 4.59. The van der Waals surface area contributed by atoms with Crippen LogP contribution in [0.3, 0.4) is 0 Å². The van der Waals surface area contributed by atoms with E-state index in [-0.39, 0.29) is 11.2 Å². The van der Waals surface area contributed by atoms with E-state index < -0.39 is 12.0 Å². The average molecular weight is 247 g/mol. The number of aryl methyl sites for hydroxylation is 1. The van der Waals surface area contributed by atoms with E-state index >= 15 is 0 Å². The summed E-state index contributed by atoms with van der Waals surface area (Å²) in [6.07, 6.45) is 2.71. The van der Waals surface area contributed by atoms with Crippen molar-refractivity contribution in [3.63, 3.8) is 0 Å². The number of hydrogen-bond acceptors (Lipinski definition) is 5. The zero-order valence-electron chi connectivity index (χ0n) is 9.52. The molecule has 0 radical (unpaired) electrons. The molecule has 0 saturated heterocycles. The van der Waals surface area contributed by atoms with Gasteiger partial charge in [0.1, 0.15) is 0 Å². The van der Waals surface area contributed by atoms with Gasteiger partial charge in [0.2, 0.25) is 0 Å². The molecule has 7 nitrogen and oxygen atoms in total. The maximum absolute atomic E-state index is 10.7. The van der Waals surface area contributed by atoms with Gasteiger partial charge in [0.15, 0.2) is 0 Å². The molecule has 2 aromatic rings. The summed E-state index contributed by atoms with van der Waals surface area (Å²) in [5.41, 5.74) is 1.50. The molecule has 0 fully saturated rings. The molecule has 0 aliphatic rings. The summed E-state index contributed by atoms with van der Waals surface area (Å²) < 4.78 is 1.37. The van der Waals surface area contributed by atoms with E-state index in [1.54, 1.807) is 13.0 Å². The number of benzene rings is 1. The van der Waals surface area contributed by atoms with E-state index in [1.807, 2.05) is 0 Å². The van der Waals surface area contributed by atoms with Crippen molar-refractivity contribution in [3.8, 4) is 5.69 Å². The Kier molecular flexibility index (Phi) is 3.13. The smallest absolute Gasteiger partial charge is 0.423 e. The average Bonchev–Trinajstić information content (AvgIpc) is 2.78. The van der Waals surface area contributed by atoms with Crippen LogP contribution >= 0.6 is 0 Å². The van der Waals surface area contributed by atoms with E-state index in [1.165, 1.54) is 29.2 Å². The minimum atomic E-state index is -1.61.